The third-order valence-corrected chi connectivity index (χ3v) is 5.46. The quantitative estimate of drug-likeness (QED) is 0.299. The summed E-state index contributed by atoms with van der Waals surface area (Å²) in [5.74, 6) is -0.394. The summed E-state index contributed by atoms with van der Waals surface area (Å²) in [7, 11) is 0. The van der Waals surface area contributed by atoms with Gasteiger partial charge in [-0.1, -0.05) is 76.6 Å². The van der Waals surface area contributed by atoms with Crippen LogP contribution >= 0.6 is 0 Å². The molecule has 1 atom stereocenters. The first kappa shape index (κ1) is 25.2. The van der Waals surface area contributed by atoms with Crippen molar-refractivity contribution in [3.05, 3.63) is 35.4 Å². The number of aryl methyl sites for hydroxylation is 2. The Kier molecular flexibility index (Phi) is 12.3. The third-order valence-electron chi connectivity index (χ3n) is 5.46. The Labute approximate surface area is 177 Å². The first-order valence-electron chi connectivity index (χ1n) is 11.4. The van der Waals surface area contributed by atoms with Crippen LogP contribution in [0.3, 0.4) is 0 Å². The lowest BCUT2D eigenvalue weighted by Crippen LogP contribution is -2.51. The van der Waals surface area contributed by atoms with Crippen LogP contribution in [-0.4, -0.2) is 24.0 Å². The van der Waals surface area contributed by atoms with Crippen molar-refractivity contribution in [3.8, 4) is 0 Å². The fourth-order valence-electron chi connectivity index (χ4n) is 3.89. The molecule has 0 aliphatic carbocycles. The molecule has 1 aromatic carbocycles. The van der Waals surface area contributed by atoms with Crippen molar-refractivity contribution in [2.75, 3.05) is 6.61 Å². The number of carbonyl (C=O) groups is 2. The number of ether oxygens (including phenoxy) is 1. The molecule has 0 aromatic heterocycles. The highest BCUT2D eigenvalue weighted by Gasteiger charge is 2.31. The summed E-state index contributed by atoms with van der Waals surface area (Å²) in [4.78, 5) is 23.1. The van der Waals surface area contributed by atoms with Crippen LogP contribution in [0.4, 0.5) is 0 Å². The highest BCUT2D eigenvalue weighted by atomic mass is 16.5. The second kappa shape index (κ2) is 14.2. The van der Waals surface area contributed by atoms with Crippen LogP contribution in [0.25, 0.3) is 0 Å². The maximum atomic E-state index is 11.8. The molecule has 4 nitrogen and oxygen atoms in total. The summed E-state index contributed by atoms with van der Waals surface area (Å²) < 4.78 is 5.29. The molecular weight excluding hydrogens is 362 g/mol. The molecule has 4 heteroatoms. The highest BCUT2D eigenvalue weighted by molar-refractivity contribution is 5.74. The minimum Gasteiger partial charge on any atom is -0.463 e. The van der Waals surface area contributed by atoms with Gasteiger partial charge in [-0.05, 0) is 43.2 Å². The van der Waals surface area contributed by atoms with Crippen LogP contribution in [0.5, 0.6) is 0 Å². The smallest absolute Gasteiger partial charge is 0.302 e. The number of benzene rings is 1. The van der Waals surface area contributed by atoms with E-state index in [4.69, 9.17) is 4.74 Å². The molecule has 164 valence electrons. The molecule has 0 saturated heterocycles. The number of esters is 1. The van der Waals surface area contributed by atoms with Crippen molar-refractivity contribution in [2.24, 2.45) is 0 Å². The second-order valence-electron chi connectivity index (χ2n) is 8.33. The summed E-state index contributed by atoms with van der Waals surface area (Å²) in [5, 5.41) is 3.06. The molecule has 29 heavy (non-hydrogen) atoms. The second-order valence-corrected chi connectivity index (χ2v) is 8.33. The summed E-state index contributed by atoms with van der Waals surface area (Å²) in [5.41, 5.74) is 2.15. The number of amides is 1. The van der Waals surface area contributed by atoms with Crippen LogP contribution in [0.1, 0.15) is 96.6 Å². The molecule has 0 fully saturated rings. The third kappa shape index (κ3) is 11.1. The molecule has 1 amide bonds. The number of unbranched alkanes of at least 4 members (excludes halogenated alkanes) is 5. The van der Waals surface area contributed by atoms with Crippen molar-refractivity contribution in [3.63, 3.8) is 0 Å². The Hall–Kier alpha value is -1.84. The van der Waals surface area contributed by atoms with Crippen molar-refractivity contribution in [1.29, 1.82) is 0 Å². The van der Waals surface area contributed by atoms with E-state index < -0.39 is 5.54 Å². The zero-order valence-electron chi connectivity index (χ0n) is 19.0. The first-order valence-corrected chi connectivity index (χ1v) is 11.4. The van der Waals surface area contributed by atoms with Gasteiger partial charge in [-0.3, -0.25) is 9.59 Å². The summed E-state index contributed by atoms with van der Waals surface area (Å²) >= 11 is 0. The fraction of sp³-hybridized carbons (Fsp3) is 0.680. The largest absolute Gasteiger partial charge is 0.463 e. The van der Waals surface area contributed by atoms with Crippen LogP contribution in [0.2, 0.25) is 0 Å². The molecule has 1 aromatic rings. The van der Waals surface area contributed by atoms with E-state index in [9.17, 15) is 9.59 Å². The van der Waals surface area contributed by atoms with Crippen molar-refractivity contribution in [2.45, 2.75) is 104 Å². The van der Waals surface area contributed by atoms with Gasteiger partial charge in [-0.25, -0.2) is 0 Å². The van der Waals surface area contributed by atoms with Crippen LogP contribution in [-0.2, 0) is 27.2 Å². The van der Waals surface area contributed by atoms with Gasteiger partial charge in [0.1, 0.15) is 6.61 Å². The molecule has 0 saturated carbocycles. The average Bonchev–Trinajstić information content (AvgIpc) is 2.68. The molecule has 0 aliphatic heterocycles. The number of nitrogens with one attached hydrogen (secondary N) is 1. The van der Waals surface area contributed by atoms with Gasteiger partial charge < -0.3 is 10.1 Å². The van der Waals surface area contributed by atoms with E-state index >= 15 is 0 Å². The van der Waals surface area contributed by atoms with Gasteiger partial charge in [-0.15, -0.1) is 0 Å². The number of rotatable bonds is 15. The molecule has 0 heterocycles. The Bertz CT molecular complexity index is 597. The van der Waals surface area contributed by atoms with Gasteiger partial charge in [0, 0.05) is 13.8 Å². The molecule has 1 N–H and O–H groups in total. The topological polar surface area (TPSA) is 55.4 Å². The summed E-state index contributed by atoms with van der Waals surface area (Å²) in [6.45, 7) is 7.50. The Morgan fingerprint density at radius 2 is 1.41 bits per heavy atom. The minimum absolute atomic E-state index is 0.0834. The maximum Gasteiger partial charge on any atom is 0.302 e. The lowest BCUT2D eigenvalue weighted by Gasteiger charge is -2.34. The van der Waals surface area contributed by atoms with Gasteiger partial charge in [-0.2, -0.15) is 0 Å². The summed E-state index contributed by atoms with van der Waals surface area (Å²) in [6, 6.07) is 8.85. The van der Waals surface area contributed by atoms with E-state index in [1.54, 1.807) is 0 Å². The van der Waals surface area contributed by atoms with E-state index in [1.807, 2.05) is 0 Å². The van der Waals surface area contributed by atoms with E-state index in [0.29, 0.717) is 0 Å². The molecule has 0 bridgehead atoms. The van der Waals surface area contributed by atoms with Gasteiger partial charge >= 0.3 is 5.97 Å². The first-order chi connectivity index (χ1) is 13.9. The molecule has 0 spiro atoms. The number of hydrogen-bond acceptors (Lipinski definition) is 3. The van der Waals surface area contributed by atoms with E-state index in [-0.39, 0.29) is 18.5 Å². The van der Waals surface area contributed by atoms with Gasteiger partial charge in [0.05, 0.1) is 5.54 Å². The standard InChI is InChI=1S/C25H41NO3/c1-5-7-8-9-10-11-12-23-13-15-24(16-14-23)17-19-25(18-6-2,26-21(3)27)20-29-22(4)28/h13-16H,5-12,17-20H2,1-4H3,(H,26,27). The monoisotopic (exact) mass is 403 g/mol. The Balaban J connectivity index is 2.59. The van der Waals surface area contributed by atoms with Crippen LogP contribution < -0.4 is 5.32 Å². The SMILES string of the molecule is CCCCCCCCc1ccc(CCC(CCC)(COC(C)=O)NC(C)=O)cc1. The Morgan fingerprint density at radius 3 is 1.97 bits per heavy atom. The van der Waals surface area contributed by atoms with E-state index in [0.717, 1.165) is 32.1 Å². The Morgan fingerprint density at radius 1 is 0.828 bits per heavy atom. The molecule has 1 rings (SSSR count). The lowest BCUT2D eigenvalue weighted by molar-refractivity contribution is -0.144. The van der Waals surface area contributed by atoms with Crippen LogP contribution in [0.15, 0.2) is 24.3 Å². The number of carbonyl (C=O) groups excluding carboxylic acids is 2. The fourth-order valence-corrected chi connectivity index (χ4v) is 3.89. The number of hydrogen-bond donors (Lipinski definition) is 1. The summed E-state index contributed by atoms with van der Waals surface area (Å²) in [6.07, 6.45) is 12.4. The minimum atomic E-state index is -0.497. The van der Waals surface area contributed by atoms with E-state index in [1.165, 1.54) is 63.5 Å². The van der Waals surface area contributed by atoms with E-state index in [2.05, 4.69) is 43.4 Å². The average molecular weight is 404 g/mol. The molecule has 1 unspecified atom stereocenters. The van der Waals surface area contributed by atoms with Gasteiger partial charge in [0.15, 0.2) is 0 Å². The molecular formula is C25H41NO3. The van der Waals surface area contributed by atoms with Crippen molar-refractivity contribution in [1.82, 2.24) is 5.32 Å². The van der Waals surface area contributed by atoms with Crippen molar-refractivity contribution >= 4 is 11.9 Å². The van der Waals surface area contributed by atoms with Gasteiger partial charge in [0.25, 0.3) is 0 Å². The lowest BCUT2D eigenvalue weighted by atomic mass is 9.87. The zero-order chi connectivity index (χ0) is 21.5. The maximum absolute atomic E-state index is 11.8. The normalized spacial score (nSPS) is 13.0. The zero-order valence-corrected chi connectivity index (χ0v) is 19.0. The highest BCUT2D eigenvalue weighted by Crippen LogP contribution is 2.22. The molecule has 0 aliphatic rings. The molecule has 0 radical (unpaired) electrons. The van der Waals surface area contributed by atoms with Crippen molar-refractivity contribution < 1.29 is 14.3 Å². The van der Waals surface area contributed by atoms with Gasteiger partial charge in [0.2, 0.25) is 5.91 Å². The predicted octanol–water partition coefficient (Wildman–Crippen LogP) is 5.76. The van der Waals surface area contributed by atoms with Crippen LogP contribution in [0, 0.1) is 0 Å². The predicted molar refractivity (Wildman–Crippen MR) is 120 cm³/mol.